The summed E-state index contributed by atoms with van der Waals surface area (Å²) in [5.41, 5.74) is 0. The van der Waals surface area contributed by atoms with Crippen molar-refractivity contribution < 1.29 is 0 Å². The summed E-state index contributed by atoms with van der Waals surface area (Å²) in [6, 6.07) is 0. The summed E-state index contributed by atoms with van der Waals surface area (Å²) in [4.78, 5) is 0. The summed E-state index contributed by atoms with van der Waals surface area (Å²) in [6.07, 6.45) is 0. The second-order valence-electron chi connectivity index (χ2n) is 0.154. The third-order valence-electron chi connectivity index (χ3n) is 0. The maximum atomic E-state index is 4.96. The van der Waals surface area contributed by atoms with Crippen molar-refractivity contribution >= 4 is 27.9 Å². The summed E-state index contributed by atoms with van der Waals surface area (Å²) in [7, 11) is 0. The van der Waals surface area contributed by atoms with E-state index in [2.05, 4.69) is 16.3 Å². The molecule has 0 unspecified atom stereocenters. The topological polar surface area (TPSA) is 67.0 Å². The van der Waals surface area contributed by atoms with Crippen molar-refractivity contribution in [1.82, 2.24) is 0 Å². The van der Waals surface area contributed by atoms with Gasteiger partial charge in [-0.15, -0.1) is 0 Å². The molecule has 4 heteroatoms. The first-order valence-electron chi connectivity index (χ1n) is 0.676. The van der Waals surface area contributed by atoms with Gasteiger partial charge in [0.2, 0.25) is 0 Å². The van der Waals surface area contributed by atoms with E-state index in [9.17, 15) is 0 Å². The Hall–Kier alpha value is 0.742. The van der Waals surface area contributed by atoms with Gasteiger partial charge < -0.3 is 12.3 Å². The van der Waals surface area contributed by atoms with Gasteiger partial charge in [0.1, 0.15) is 0 Å². The first kappa shape index (κ1) is 17.2. The van der Waals surface area contributed by atoms with Gasteiger partial charge in [-0.25, -0.2) is 0 Å². The zero-order valence-corrected chi connectivity index (χ0v) is 4.73. The maximum absolute atomic E-state index is 4.96. The Balaban J connectivity index is -0.0000000200. The van der Waals surface area contributed by atoms with E-state index in [0.29, 0.717) is 4.74 Å². The van der Waals surface area contributed by atoms with Crippen LogP contribution < -0.4 is 0 Å². The molecule has 0 atom stereocenters. The number of nitrogens with two attached hydrogens (primary N) is 2. The smallest absolute Gasteiger partial charge is 0.693 e. The van der Waals surface area contributed by atoms with Gasteiger partial charge in [-0.3, -0.25) is 0 Å². The molecule has 4 N–H and O–H groups in total. The van der Waals surface area contributed by atoms with E-state index in [1.54, 1.807) is 0 Å². The molecule has 0 aromatic carbocycles. The average molecular weight is 109 g/mol. The van der Waals surface area contributed by atoms with E-state index in [1.807, 2.05) is 0 Å². The molecule has 2 nitrogen and oxygen atoms in total. The van der Waals surface area contributed by atoms with Crippen LogP contribution in [0, 0.1) is 0 Å². The van der Waals surface area contributed by atoms with Crippen LogP contribution in [-0.2, 0) is 0 Å². The molecule has 0 saturated carbocycles. The van der Waals surface area contributed by atoms with Gasteiger partial charge in [-0.1, -0.05) is 0 Å². The van der Waals surface area contributed by atoms with Gasteiger partial charge in [0.25, 0.3) is 0 Å². The van der Waals surface area contributed by atoms with Crippen molar-refractivity contribution in [3.8, 4) is 0 Å². The van der Waals surface area contributed by atoms with Crippen LogP contribution in [-0.4, -0.2) is 21.0 Å². The Kier molecular flexibility index (Phi) is 75.1. The summed E-state index contributed by atoms with van der Waals surface area (Å²) >= 11 is 7.31. The van der Waals surface area contributed by atoms with Crippen molar-refractivity contribution in [1.29, 1.82) is 0 Å². The third-order valence-corrected chi connectivity index (χ3v) is 0. The van der Waals surface area contributed by atoms with E-state index in [4.69, 9.17) is 11.6 Å². The van der Waals surface area contributed by atoms with E-state index in [1.165, 1.54) is 0 Å². The molecule has 0 spiro atoms. The molecule has 0 rings (SSSR count). The van der Waals surface area contributed by atoms with E-state index in [0.717, 1.165) is 0 Å². The molecule has 0 radical (unpaired) electrons. The van der Waals surface area contributed by atoms with Crippen LogP contribution in [0.25, 0.3) is 12.3 Å². The first-order chi connectivity index (χ1) is 1.41. The van der Waals surface area contributed by atoms with Crippen molar-refractivity contribution in [3.05, 3.63) is 12.3 Å². The Labute approximate surface area is 45.5 Å². The molecule has 0 amide bonds. The fraction of sp³-hybridized carbons (Fsp3) is 1.00. The minimum atomic E-state index is 0. The van der Waals surface area contributed by atoms with Crippen molar-refractivity contribution in [2.75, 3.05) is 4.74 Å². The normalized spacial score (nSPS) is 3.80. The van der Waals surface area contributed by atoms with Gasteiger partial charge in [-0.2, -0.15) is 0 Å². The minimum absolute atomic E-state index is 0. The fourth-order valence-electron chi connectivity index (χ4n) is 0. The molecule has 0 saturated heterocycles. The molecule has 0 aromatic rings. The second kappa shape index (κ2) is 21.9. The van der Waals surface area contributed by atoms with Gasteiger partial charge in [0, 0.05) is 0 Å². The van der Waals surface area contributed by atoms with E-state index < -0.39 is 0 Å². The number of alkyl halides is 1. The average Bonchev–Trinajstić information content (AvgIpc) is 0.918. The molecule has 0 heterocycles. The maximum Gasteiger partial charge on any atom is -0.693 e. The van der Waals surface area contributed by atoms with E-state index in [-0.39, 0.29) is 12.3 Å². The largest absolute Gasteiger partial charge is 0.693 e. The molecular weight excluding hydrogens is 102 g/mol. The van der Waals surface area contributed by atoms with Crippen LogP contribution in [0.4, 0.5) is 0 Å². The Morgan fingerprint density at radius 3 is 1.40 bits per heavy atom. The summed E-state index contributed by atoms with van der Waals surface area (Å²) in [5, 5.41) is 0. The summed E-state index contributed by atoms with van der Waals surface area (Å²) < 4.78 is 0.639. The molecular formula is CH6AlClN2. The standard InChI is InChI=1S/CH2Cl.Al.2H2N/c1-2;;;/h1H2;;2*1H2/q;+2;2*-1. The predicted octanol–water partition coefficient (Wildman–Crippen LogP) is 1.79. The Morgan fingerprint density at radius 2 is 1.40 bits per heavy atom. The molecule has 0 aromatic heterocycles. The molecule has 0 fully saturated rings. The SMILES string of the molecule is [Al+2][CH2]Cl.[NH2-].[NH2-]. The van der Waals surface area contributed by atoms with Crippen LogP contribution in [0.15, 0.2) is 0 Å². The Bertz CT molecular complexity index is 9.61. The fourth-order valence-corrected chi connectivity index (χ4v) is 0. The van der Waals surface area contributed by atoms with Gasteiger partial charge in [0.05, 0.1) is 0 Å². The van der Waals surface area contributed by atoms with Crippen molar-refractivity contribution in [2.45, 2.75) is 0 Å². The summed E-state index contributed by atoms with van der Waals surface area (Å²) in [6.45, 7) is 0. The molecule has 0 aliphatic heterocycles. The monoisotopic (exact) mass is 108 g/mol. The van der Waals surface area contributed by atoms with Crippen molar-refractivity contribution in [3.63, 3.8) is 0 Å². The molecule has 0 aliphatic rings. The van der Waals surface area contributed by atoms with E-state index >= 15 is 0 Å². The summed E-state index contributed by atoms with van der Waals surface area (Å²) in [5.74, 6) is 0. The van der Waals surface area contributed by atoms with Crippen LogP contribution >= 0.6 is 11.6 Å². The van der Waals surface area contributed by atoms with Crippen LogP contribution in [0.3, 0.4) is 0 Å². The van der Waals surface area contributed by atoms with Gasteiger partial charge >= 0.3 is 32.6 Å². The predicted molar refractivity (Wildman–Crippen MR) is 27.0 cm³/mol. The number of rotatable bonds is 0. The zero-order chi connectivity index (χ0) is 2.71. The minimum Gasteiger partial charge on any atom is -0.693 e. The van der Waals surface area contributed by atoms with Crippen LogP contribution in [0.1, 0.15) is 0 Å². The molecule has 5 heavy (non-hydrogen) atoms. The molecule has 0 aliphatic carbocycles. The third kappa shape index (κ3) is 64.7. The van der Waals surface area contributed by atoms with Gasteiger partial charge in [0.15, 0.2) is 0 Å². The zero-order valence-electron chi connectivity index (χ0n) is 2.82. The second-order valence-corrected chi connectivity index (χ2v) is 1.39. The number of hydrogen-bond acceptors (Lipinski definition) is 0. The van der Waals surface area contributed by atoms with Gasteiger partial charge in [-0.05, 0) is 0 Å². The quantitative estimate of drug-likeness (QED) is 0.335. The number of hydrogen-bond donors (Lipinski definition) is 0. The molecule has 0 bridgehead atoms. The van der Waals surface area contributed by atoms with Crippen LogP contribution in [0.5, 0.6) is 0 Å². The van der Waals surface area contributed by atoms with Crippen molar-refractivity contribution in [2.24, 2.45) is 0 Å². The van der Waals surface area contributed by atoms with Crippen LogP contribution in [0.2, 0.25) is 0 Å². The molecule has 30 valence electrons. The number of halogens is 1. The Morgan fingerprint density at radius 1 is 1.40 bits per heavy atom. The first-order valence-corrected chi connectivity index (χ1v) is 2.03.